The molecule has 1 saturated heterocycles. The van der Waals surface area contributed by atoms with Crippen molar-refractivity contribution >= 4 is 5.91 Å². The summed E-state index contributed by atoms with van der Waals surface area (Å²) in [6.45, 7) is 1.64. The average Bonchev–Trinajstić information content (AvgIpc) is 2.16. The summed E-state index contributed by atoms with van der Waals surface area (Å²) in [6.07, 6.45) is -3.97. The molecule has 16 heavy (non-hydrogen) atoms. The van der Waals surface area contributed by atoms with Crippen LogP contribution in [0.3, 0.4) is 0 Å². The molecule has 1 aliphatic heterocycles. The largest absolute Gasteiger partial charge is 0.397 e. The Morgan fingerprint density at radius 3 is 2.75 bits per heavy atom. The maximum atomic E-state index is 12.0. The molecule has 6 heteroatoms. The number of carbonyl (C=O) groups is 1. The van der Waals surface area contributed by atoms with E-state index in [0.717, 1.165) is 19.4 Å². The Hall–Kier alpha value is -0.780. The average molecular weight is 238 g/mol. The monoisotopic (exact) mass is 238 g/mol. The van der Waals surface area contributed by atoms with Crippen molar-refractivity contribution in [1.29, 1.82) is 0 Å². The van der Waals surface area contributed by atoms with Crippen LogP contribution in [-0.4, -0.2) is 43.7 Å². The molecule has 1 atom stereocenters. The lowest BCUT2D eigenvalue weighted by molar-refractivity contribution is -0.162. The first-order valence-corrected chi connectivity index (χ1v) is 5.41. The Morgan fingerprint density at radius 2 is 2.19 bits per heavy atom. The molecule has 0 aromatic heterocycles. The molecule has 0 unspecified atom stereocenters. The summed E-state index contributed by atoms with van der Waals surface area (Å²) >= 11 is 0. The number of likely N-dealkylation sites (tertiary alicyclic amines) is 1. The number of hydrogen-bond donors (Lipinski definition) is 1. The molecule has 1 rings (SSSR count). The molecule has 1 fully saturated rings. The minimum Gasteiger partial charge on any atom is -0.342 e. The lowest BCUT2D eigenvalue weighted by Gasteiger charge is -2.33. The lowest BCUT2D eigenvalue weighted by Crippen LogP contribution is -2.43. The van der Waals surface area contributed by atoms with Crippen molar-refractivity contribution in [2.45, 2.75) is 25.4 Å². The highest BCUT2D eigenvalue weighted by atomic mass is 19.4. The molecule has 1 heterocycles. The summed E-state index contributed by atoms with van der Waals surface area (Å²) in [7, 11) is 1.80. The van der Waals surface area contributed by atoms with Crippen molar-refractivity contribution in [2.75, 3.05) is 26.7 Å². The van der Waals surface area contributed by atoms with Crippen LogP contribution in [0.15, 0.2) is 0 Å². The number of nitrogens with one attached hydrogen (secondary N) is 1. The van der Waals surface area contributed by atoms with Gasteiger partial charge in [-0.05, 0) is 32.4 Å². The van der Waals surface area contributed by atoms with Crippen LogP contribution in [0.2, 0.25) is 0 Å². The molecule has 0 spiro atoms. The molecular formula is C10H17F3N2O. The Morgan fingerprint density at radius 1 is 1.50 bits per heavy atom. The van der Waals surface area contributed by atoms with Gasteiger partial charge in [-0.15, -0.1) is 0 Å². The summed E-state index contributed by atoms with van der Waals surface area (Å²) in [6, 6.07) is 0. The minimum absolute atomic E-state index is 0.274. The number of piperidine rings is 1. The number of halogens is 3. The van der Waals surface area contributed by atoms with Gasteiger partial charge in [0.25, 0.3) is 0 Å². The van der Waals surface area contributed by atoms with Crippen LogP contribution >= 0.6 is 0 Å². The van der Waals surface area contributed by atoms with Crippen LogP contribution in [0.4, 0.5) is 13.2 Å². The third kappa shape index (κ3) is 4.38. The zero-order chi connectivity index (χ0) is 12.2. The molecule has 0 aromatic rings. The fourth-order valence-corrected chi connectivity index (χ4v) is 2.03. The third-order valence-corrected chi connectivity index (χ3v) is 2.72. The number of carbonyl (C=O) groups excluding carboxylic acids is 1. The molecule has 3 nitrogen and oxygen atoms in total. The number of rotatable bonds is 3. The van der Waals surface area contributed by atoms with Crippen LogP contribution in [0, 0.1) is 5.92 Å². The van der Waals surface area contributed by atoms with Crippen LogP contribution in [0.1, 0.15) is 19.3 Å². The van der Waals surface area contributed by atoms with Gasteiger partial charge < -0.3 is 10.2 Å². The zero-order valence-electron chi connectivity index (χ0n) is 9.31. The lowest BCUT2D eigenvalue weighted by atomic mass is 9.98. The molecule has 1 aliphatic rings. The van der Waals surface area contributed by atoms with Crippen molar-refractivity contribution in [3.05, 3.63) is 0 Å². The summed E-state index contributed by atoms with van der Waals surface area (Å²) in [5.41, 5.74) is 0. The van der Waals surface area contributed by atoms with Crippen molar-refractivity contribution in [2.24, 2.45) is 5.92 Å². The quantitative estimate of drug-likeness (QED) is 0.806. The second-order valence-corrected chi connectivity index (χ2v) is 4.20. The van der Waals surface area contributed by atoms with Gasteiger partial charge in [0.15, 0.2) is 0 Å². The second-order valence-electron chi connectivity index (χ2n) is 4.20. The highest BCUT2D eigenvalue weighted by Crippen LogP contribution is 2.23. The van der Waals surface area contributed by atoms with E-state index in [-0.39, 0.29) is 5.92 Å². The Bertz CT molecular complexity index is 241. The summed E-state index contributed by atoms with van der Waals surface area (Å²) in [4.78, 5) is 12.7. The van der Waals surface area contributed by atoms with E-state index in [1.54, 1.807) is 7.05 Å². The van der Waals surface area contributed by atoms with Gasteiger partial charge in [-0.2, -0.15) is 13.2 Å². The van der Waals surface area contributed by atoms with E-state index >= 15 is 0 Å². The van der Waals surface area contributed by atoms with Crippen molar-refractivity contribution < 1.29 is 18.0 Å². The Balaban J connectivity index is 2.44. The Kier molecular flexibility index (Phi) is 4.58. The number of amides is 1. The molecular weight excluding hydrogens is 221 g/mol. The van der Waals surface area contributed by atoms with Crippen LogP contribution in [0.5, 0.6) is 0 Å². The van der Waals surface area contributed by atoms with Crippen molar-refractivity contribution in [3.8, 4) is 0 Å². The number of alkyl halides is 3. The van der Waals surface area contributed by atoms with Crippen molar-refractivity contribution in [3.63, 3.8) is 0 Å². The van der Waals surface area contributed by atoms with Gasteiger partial charge in [-0.1, -0.05) is 0 Å². The summed E-state index contributed by atoms with van der Waals surface area (Å²) < 4.78 is 36.1. The zero-order valence-corrected chi connectivity index (χ0v) is 9.31. The summed E-state index contributed by atoms with van der Waals surface area (Å²) in [5, 5.41) is 2.98. The van der Waals surface area contributed by atoms with Crippen LogP contribution in [0.25, 0.3) is 0 Å². The van der Waals surface area contributed by atoms with Gasteiger partial charge in [-0.25, -0.2) is 0 Å². The summed E-state index contributed by atoms with van der Waals surface area (Å²) in [5.74, 6) is -0.524. The van der Waals surface area contributed by atoms with E-state index in [1.165, 1.54) is 4.90 Å². The van der Waals surface area contributed by atoms with E-state index in [2.05, 4.69) is 5.32 Å². The van der Waals surface area contributed by atoms with E-state index in [1.807, 2.05) is 0 Å². The van der Waals surface area contributed by atoms with Crippen LogP contribution < -0.4 is 5.32 Å². The molecule has 0 aromatic carbocycles. The predicted octanol–water partition coefficient (Wildman–Crippen LogP) is 1.40. The van der Waals surface area contributed by atoms with E-state index in [0.29, 0.717) is 13.1 Å². The fraction of sp³-hybridized carbons (Fsp3) is 0.900. The van der Waals surface area contributed by atoms with Gasteiger partial charge in [0.05, 0.1) is 0 Å². The van der Waals surface area contributed by atoms with Gasteiger partial charge >= 0.3 is 6.18 Å². The molecule has 1 N–H and O–H groups in total. The molecule has 1 amide bonds. The van der Waals surface area contributed by atoms with E-state index in [4.69, 9.17) is 0 Å². The maximum absolute atomic E-state index is 12.0. The van der Waals surface area contributed by atoms with Crippen LogP contribution in [-0.2, 0) is 4.79 Å². The standard InChI is InChI=1S/C10H17F3N2O/c1-14-6-8-3-2-4-15(7-8)9(16)5-10(11,12)13/h8,14H,2-7H2,1H3/t8-/m1/s1. The third-order valence-electron chi connectivity index (χ3n) is 2.72. The fourth-order valence-electron chi connectivity index (χ4n) is 2.03. The SMILES string of the molecule is CNC[C@H]1CCCN(C(=O)CC(F)(F)F)C1. The molecule has 94 valence electrons. The first kappa shape index (κ1) is 13.3. The number of nitrogens with zero attached hydrogens (tertiary/aromatic N) is 1. The highest BCUT2D eigenvalue weighted by molar-refractivity contribution is 5.76. The molecule has 0 aliphatic carbocycles. The van der Waals surface area contributed by atoms with Gasteiger partial charge in [0.2, 0.25) is 5.91 Å². The van der Waals surface area contributed by atoms with Crippen molar-refractivity contribution in [1.82, 2.24) is 10.2 Å². The van der Waals surface area contributed by atoms with Gasteiger partial charge in [0.1, 0.15) is 6.42 Å². The molecule has 0 radical (unpaired) electrons. The van der Waals surface area contributed by atoms with E-state index < -0.39 is 18.5 Å². The molecule has 0 bridgehead atoms. The highest BCUT2D eigenvalue weighted by Gasteiger charge is 2.34. The normalized spacial score (nSPS) is 22.2. The first-order chi connectivity index (χ1) is 7.42. The predicted molar refractivity (Wildman–Crippen MR) is 53.9 cm³/mol. The second kappa shape index (κ2) is 5.52. The maximum Gasteiger partial charge on any atom is 0.397 e. The minimum atomic E-state index is -4.40. The number of hydrogen-bond acceptors (Lipinski definition) is 2. The Labute approximate surface area is 93.0 Å². The van der Waals surface area contributed by atoms with E-state index in [9.17, 15) is 18.0 Å². The molecule has 0 saturated carbocycles. The van der Waals surface area contributed by atoms with Gasteiger partial charge in [-0.3, -0.25) is 4.79 Å². The smallest absolute Gasteiger partial charge is 0.342 e. The topological polar surface area (TPSA) is 32.3 Å². The first-order valence-electron chi connectivity index (χ1n) is 5.41. The van der Waals surface area contributed by atoms with Gasteiger partial charge in [0, 0.05) is 13.1 Å².